The topological polar surface area (TPSA) is 98.1 Å². The SMILES string of the molecule is CCOC(=O)COc1cccc(NC(=O)[C@@H]2CCCN2C(=O)c2ccco2)c1. The summed E-state index contributed by atoms with van der Waals surface area (Å²) in [6.45, 7) is 2.30. The van der Waals surface area contributed by atoms with E-state index in [0.29, 0.717) is 24.4 Å². The normalized spacial score (nSPS) is 15.9. The molecule has 3 rings (SSSR count). The maximum absolute atomic E-state index is 12.7. The van der Waals surface area contributed by atoms with Crippen LogP contribution in [-0.4, -0.2) is 48.5 Å². The Bertz CT molecular complexity index is 833. The number of hydrogen-bond acceptors (Lipinski definition) is 6. The van der Waals surface area contributed by atoms with E-state index in [1.807, 2.05) is 0 Å². The van der Waals surface area contributed by atoms with Gasteiger partial charge in [0.05, 0.1) is 12.9 Å². The molecule has 2 heterocycles. The van der Waals surface area contributed by atoms with Gasteiger partial charge in [-0.1, -0.05) is 6.07 Å². The summed E-state index contributed by atoms with van der Waals surface area (Å²) >= 11 is 0. The van der Waals surface area contributed by atoms with Crippen LogP contribution in [0.2, 0.25) is 0 Å². The highest BCUT2D eigenvalue weighted by atomic mass is 16.6. The lowest BCUT2D eigenvalue weighted by molar-refractivity contribution is -0.145. The average Bonchev–Trinajstić information content (AvgIpc) is 3.38. The monoisotopic (exact) mass is 386 g/mol. The van der Waals surface area contributed by atoms with Crippen molar-refractivity contribution in [3.8, 4) is 5.75 Å². The highest BCUT2D eigenvalue weighted by molar-refractivity contribution is 6.00. The van der Waals surface area contributed by atoms with E-state index in [2.05, 4.69) is 5.32 Å². The summed E-state index contributed by atoms with van der Waals surface area (Å²) in [5, 5.41) is 2.81. The quantitative estimate of drug-likeness (QED) is 0.734. The molecule has 0 spiro atoms. The van der Waals surface area contributed by atoms with E-state index in [0.717, 1.165) is 6.42 Å². The van der Waals surface area contributed by atoms with Gasteiger partial charge < -0.3 is 24.1 Å². The molecule has 1 N–H and O–H groups in total. The first kappa shape index (κ1) is 19.5. The molecule has 8 nitrogen and oxygen atoms in total. The van der Waals surface area contributed by atoms with Gasteiger partial charge in [-0.05, 0) is 44.0 Å². The summed E-state index contributed by atoms with van der Waals surface area (Å²) in [5.74, 6) is -0.390. The molecule has 1 aliphatic heterocycles. The maximum atomic E-state index is 12.7. The first-order valence-corrected chi connectivity index (χ1v) is 9.12. The van der Waals surface area contributed by atoms with Gasteiger partial charge >= 0.3 is 5.97 Å². The first-order chi connectivity index (χ1) is 13.6. The van der Waals surface area contributed by atoms with Gasteiger partial charge in [-0.15, -0.1) is 0 Å². The molecule has 8 heteroatoms. The van der Waals surface area contributed by atoms with Crippen LogP contribution in [0.4, 0.5) is 5.69 Å². The highest BCUT2D eigenvalue weighted by Gasteiger charge is 2.35. The minimum atomic E-state index is -0.568. The van der Waals surface area contributed by atoms with Gasteiger partial charge in [0.1, 0.15) is 11.8 Å². The maximum Gasteiger partial charge on any atom is 0.344 e. The van der Waals surface area contributed by atoms with Gasteiger partial charge in [-0.3, -0.25) is 9.59 Å². The molecule has 1 aromatic heterocycles. The van der Waals surface area contributed by atoms with Crippen molar-refractivity contribution in [1.29, 1.82) is 0 Å². The van der Waals surface area contributed by atoms with E-state index in [1.54, 1.807) is 43.3 Å². The number of hydrogen-bond donors (Lipinski definition) is 1. The molecule has 0 unspecified atom stereocenters. The van der Waals surface area contributed by atoms with E-state index in [9.17, 15) is 14.4 Å². The zero-order valence-corrected chi connectivity index (χ0v) is 15.6. The minimum absolute atomic E-state index is 0.209. The van der Waals surface area contributed by atoms with Crippen molar-refractivity contribution in [2.75, 3.05) is 25.1 Å². The van der Waals surface area contributed by atoms with Crippen LogP contribution in [0.3, 0.4) is 0 Å². The Balaban J connectivity index is 1.61. The molecule has 0 radical (unpaired) electrons. The number of benzene rings is 1. The third-order valence-corrected chi connectivity index (χ3v) is 4.31. The number of nitrogens with zero attached hydrogens (tertiary/aromatic N) is 1. The zero-order chi connectivity index (χ0) is 19.9. The molecule has 1 fully saturated rings. The van der Waals surface area contributed by atoms with E-state index < -0.39 is 12.0 Å². The van der Waals surface area contributed by atoms with Gasteiger partial charge in [0, 0.05) is 18.3 Å². The van der Waals surface area contributed by atoms with Gasteiger partial charge in [-0.25, -0.2) is 4.79 Å². The molecule has 2 amide bonds. The molecule has 1 atom stereocenters. The lowest BCUT2D eigenvalue weighted by Crippen LogP contribution is -2.43. The summed E-state index contributed by atoms with van der Waals surface area (Å²) < 4.78 is 15.3. The van der Waals surface area contributed by atoms with E-state index in [-0.39, 0.29) is 30.8 Å². The van der Waals surface area contributed by atoms with Crippen molar-refractivity contribution in [1.82, 2.24) is 4.90 Å². The number of ether oxygens (including phenoxy) is 2. The smallest absolute Gasteiger partial charge is 0.344 e. The Morgan fingerprint density at radius 2 is 2.11 bits per heavy atom. The van der Waals surface area contributed by atoms with Crippen molar-refractivity contribution in [3.05, 3.63) is 48.4 Å². The Kier molecular flexibility index (Phi) is 6.31. The van der Waals surface area contributed by atoms with Crippen molar-refractivity contribution in [2.45, 2.75) is 25.8 Å². The zero-order valence-electron chi connectivity index (χ0n) is 15.6. The Morgan fingerprint density at radius 3 is 2.86 bits per heavy atom. The van der Waals surface area contributed by atoms with E-state index in [1.165, 1.54) is 11.2 Å². The molecule has 1 aromatic carbocycles. The minimum Gasteiger partial charge on any atom is -0.482 e. The Morgan fingerprint density at radius 1 is 1.25 bits per heavy atom. The largest absolute Gasteiger partial charge is 0.482 e. The molecule has 1 aliphatic rings. The number of furan rings is 1. The molecule has 0 aliphatic carbocycles. The number of likely N-dealkylation sites (tertiary alicyclic amines) is 1. The second-order valence-corrected chi connectivity index (χ2v) is 6.24. The molecule has 148 valence electrons. The van der Waals surface area contributed by atoms with Gasteiger partial charge in [-0.2, -0.15) is 0 Å². The van der Waals surface area contributed by atoms with Crippen LogP contribution in [0.5, 0.6) is 5.75 Å². The lowest BCUT2D eigenvalue weighted by Gasteiger charge is -2.23. The number of rotatable bonds is 7. The molecule has 2 aromatic rings. The fourth-order valence-electron chi connectivity index (χ4n) is 3.06. The summed E-state index contributed by atoms with van der Waals surface area (Å²) in [7, 11) is 0. The summed E-state index contributed by atoms with van der Waals surface area (Å²) in [6, 6.07) is 9.36. The van der Waals surface area contributed by atoms with Gasteiger partial charge in [0.25, 0.3) is 5.91 Å². The number of carbonyl (C=O) groups excluding carboxylic acids is 3. The third-order valence-electron chi connectivity index (χ3n) is 4.31. The summed E-state index contributed by atoms with van der Waals surface area (Å²) in [6.07, 6.45) is 2.75. The van der Waals surface area contributed by atoms with Crippen molar-refractivity contribution in [2.24, 2.45) is 0 Å². The second-order valence-electron chi connectivity index (χ2n) is 6.24. The van der Waals surface area contributed by atoms with Crippen LogP contribution in [0, 0.1) is 0 Å². The fourth-order valence-corrected chi connectivity index (χ4v) is 3.06. The number of amides is 2. The number of esters is 1. The number of nitrogens with one attached hydrogen (secondary N) is 1. The van der Waals surface area contributed by atoms with Crippen LogP contribution in [-0.2, 0) is 14.3 Å². The third kappa shape index (κ3) is 4.70. The Labute approximate surface area is 162 Å². The van der Waals surface area contributed by atoms with Crippen LogP contribution in [0.15, 0.2) is 47.1 Å². The fraction of sp³-hybridized carbons (Fsp3) is 0.350. The lowest BCUT2D eigenvalue weighted by atomic mass is 10.2. The summed E-state index contributed by atoms with van der Waals surface area (Å²) in [4.78, 5) is 38.1. The van der Waals surface area contributed by atoms with Crippen molar-refractivity contribution < 1.29 is 28.3 Å². The predicted molar refractivity (Wildman–Crippen MR) is 100.0 cm³/mol. The summed E-state index contributed by atoms with van der Waals surface area (Å²) in [5.41, 5.74) is 0.517. The van der Waals surface area contributed by atoms with Crippen LogP contribution in [0.1, 0.15) is 30.3 Å². The van der Waals surface area contributed by atoms with Crippen LogP contribution >= 0.6 is 0 Å². The van der Waals surface area contributed by atoms with Crippen molar-refractivity contribution in [3.63, 3.8) is 0 Å². The molecule has 0 bridgehead atoms. The standard InChI is InChI=1S/C20H22N2O6/c1-2-26-18(23)13-28-15-7-3-6-14(12-15)21-19(24)16-8-4-10-22(16)20(25)17-9-5-11-27-17/h3,5-7,9,11-12,16H,2,4,8,10,13H2,1H3,(H,21,24)/t16-/m0/s1. The predicted octanol–water partition coefficient (Wildman–Crippen LogP) is 2.46. The first-order valence-electron chi connectivity index (χ1n) is 9.12. The van der Waals surface area contributed by atoms with Gasteiger partial charge in [0.2, 0.25) is 5.91 Å². The molecular formula is C20H22N2O6. The second kappa shape index (κ2) is 9.07. The van der Waals surface area contributed by atoms with Crippen molar-refractivity contribution >= 4 is 23.5 Å². The molecular weight excluding hydrogens is 364 g/mol. The highest BCUT2D eigenvalue weighted by Crippen LogP contribution is 2.23. The van der Waals surface area contributed by atoms with E-state index >= 15 is 0 Å². The molecule has 1 saturated heterocycles. The van der Waals surface area contributed by atoms with Crippen LogP contribution in [0.25, 0.3) is 0 Å². The molecule has 0 saturated carbocycles. The average molecular weight is 386 g/mol. The van der Waals surface area contributed by atoms with Gasteiger partial charge in [0.15, 0.2) is 12.4 Å². The number of carbonyl (C=O) groups is 3. The number of anilines is 1. The van der Waals surface area contributed by atoms with E-state index in [4.69, 9.17) is 13.9 Å². The van der Waals surface area contributed by atoms with Crippen LogP contribution < -0.4 is 10.1 Å². The Hall–Kier alpha value is -3.29. The molecule has 28 heavy (non-hydrogen) atoms.